The highest BCUT2D eigenvalue weighted by Crippen LogP contribution is 2.28. The first-order chi connectivity index (χ1) is 13.1. The highest BCUT2D eigenvalue weighted by molar-refractivity contribution is 5.98. The van der Waals surface area contributed by atoms with Crippen LogP contribution in [0.2, 0.25) is 0 Å². The molecule has 1 aliphatic rings. The number of aromatic carboxylic acids is 1. The molecule has 2 N–H and O–H groups in total. The summed E-state index contributed by atoms with van der Waals surface area (Å²) >= 11 is 0. The summed E-state index contributed by atoms with van der Waals surface area (Å²) < 4.78 is 1.95. The molecule has 1 fully saturated rings. The topological polar surface area (TPSA) is 54.3 Å². The first-order valence-corrected chi connectivity index (χ1v) is 9.76. The fourth-order valence-electron chi connectivity index (χ4n) is 4.22. The molecule has 0 radical (unpaired) electrons. The Kier molecular flexibility index (Phi) is 4.99. The number of para-hydroxylation sites is 1. The molecule has 4 nitrogen and oxygen atoms in total. The average molecular weight is 362 g/mol. The largest absolute Gasteiger partial charge is 0.477 e. The van der Waals surface area contributed by atoms with Gasteiger partial charge < -0.3 is 15.0 Å². The lowest BCUT2D eigenvalue weighted by Crippen LogP contribution is -2.26. The van der Waals surface area contributed by atoms with Gasteiger partial charge >= 0.3 is 5.97 Å². The van der Waals surface area contributed by atoms with Crippen LogP contribution in [0.1, 0.15) is 52.9 Å². The van der Waals surface area contributed by atoms with E-state index in [1.54, 1.807) is 0 Å². The highest BCUT2D eigenvalue weighted by atomic mass is 16.4. The summed E-state index contributed by atoms with van der Waals surface area (Å²) in [6.45, 7) is 3.23. The number of carboxylic acids is 1. The minimum absolute atomic E-state index is 0.405. The number of fused-ring (bicyclic) bond motifs is 1. The summed E-state index contributed by atoms with van der Waals surface area (Å²) in [6, 6.07) is 16.8. The zero-order chi connectivity index (χ0) is 18.8. The van der Waals surface area contributed by atoms with Crippen LogP contribution in [-0.4, -0.2) is 21.7 Å². The van der Waals surface area contributed by atoms with Gasteiger partial charge in [0.25, 0.3) is 0 Å². The molecule has 0 saturated heterocycles. The molecule has 0 bridgehead atoms. The third-order valence-electron chi connectivity index (χ3n) is 5.66. The number of carbonyl (C=O) groups is 1. The van der Waals surface area contributed by atoms with Crippen molar-refractivity contribution in [3.63, 3.8) is 0 Å². The molecule has 0 atom stereocenters. The van der Waals surface area contributed by atoms with Gasteiger partial charge in [0.2, 0.25) is 0 Å². The molecule has 1 aromatic heterocycles. The Morgan fingerprint density at radius 1 is 1.11 bits per heavy atom. The van der Waals surface area contributed by atoms with E-state index in [1.807, 2.05) is 28.8 Å². The Balaban J connectivity index is 1.75. The van der Waals surface area contributed by atoms with Gasteiger partial charge in [-0.3, -0.25) is 0 Å². The first-order valence-electron chi connectivity index (χ1n) is 9.76. The van der Waals surface area contributed by atoms with Gasteiger partial charge in [0, 0.05) is 35.6 Å². The number of aromatic nitrogens is 1. The Bertz CT molecular complexity index is 950. The molecule has 0 unspecified atom stereocenters. The predicted octanol–water partition coefficient (Wildman–Crippen LogP) is 4.73. The zero-order valence-corrected chi connectivity index (χ0v) is 15.7. The monoisotopic (exact) mass is 362 g/mol. The molecule has 27 heavy (non-hydrogen) atoms. The second kappa shape index (κ2) is 7.57. The Hall–Kier alpha value is -2.59. The molecular weight excluding hydrogens is 336 g/mol. The molecular formula is C23H26N2O2. The highest BCUT2D eigenvalue weighted by Gasteiger charge is 2.23. The summed E-state index contributed by atoms with van der Waals surface area (Å²) in [5.41, 5.74) is 4.60. The molecule has 0 spiro atoms. The predicted molar refractivity (Wildman–Crippen MR) is 108 cm³/mol. The quantitative estimate of drug-likeness (QED) is 0.667. The molecule has 4 heteroatoms. The maximum Gasteiger partial charge on any atom is 0.352 e. The van der Waals surface area contributed by atoms with Gasteiger partial charge in [0.15, 0.2) is 0 Å². The normalized spacial score (nSPS) is 14.9. The van der Waals surface area contributed by atoms with E-state index in [4.69, 9.17) is 0 Å². The third-order valence-corrected chi connectivity index (χ3v) is 5.66. The Morgan fingerprint density at radius 2 is 1.81 bits per heavy atom. The molecule has 1 saturated carbocycles. The maximum atomic E-state index is 12.2. The van der Waals surface area contributed by atoms with Crippen molar-refractivity contribution in [3.8, 4) is 0 Å². The number of nitrogens with zero attached hydrogens (tertiary/aromatic N) is 1. The lowest BCUT2D eigenvalue weighted by atomic mass is 10.1. The van der Waals surface area contributed by atoms with Gasteiger partial charge in [0.05, 0.1) is 0 Å². The summed E-state index contributed by atoms with van der Waals surface area (Å²) in [5, 5.41) is 14.6. The van der Waals surface area contributed by atoms with E-state index in [0.29, 0.717) is 24.8 Å². The second-order valence-electron chi connectivity index (χ2n) is 7.58. The van der Waals surface area contributed by atoms with Crippen LogP contribution < -0.4 is 5.32 Å². The average Bonchev–Trinajstić information content (AvgIpc) is 3.28. The summed E-state index contributed by atoms with van der Waals surface area (Å²) in [4.78, 5) is 12.2. The minimum Gasteiger partial charge on any atom is -0.477 e. The van der Waals surface area contributed by atoms with Crippen LogP contribution in [0.3, 0.4) is 0 Å². The molecule has 0 aliphatic heterocycles. The van der Waals surface area contributed by atoms with Gasteiger partial charge in [-0.15, -0.1) is 0 Å². The second-order valence-corrected chi connectivity index (χ2v) is 7.58. The Labute approximate surface area is 159 Å². The number of carboxylic acid groups (broad SMARTS) is 1. The van der Waals surface area contributed by atoms with E-state index in [-0.39, 0.29) is 0 Å². The van der Waals surface area contributed by atoms with Crippen molar-refractivity contribution in [2.24, 2.45) is 0 Å². The van der Waals surface area contributed by atoms with Crippen LogP contribution in [0.5, 0.6) is 0 Å². The Morgan fingerprint density at radius 3 is 2.52 bits per heavy atom. The van der Waals surface area contributed by atoms with Gasteiger partial charge in [-0.2, -0.15) is 0 Å². The van der Waals surface area contributed by atoms with E-state index in [2.05, 4.69) is 36.5 Å². The van der Waals surface area contributed by atoms with Gasteiger partial charge in [0.1, 0.15) is 5.69 Å². The molecule has 2 aromatic carbocycles. The van der Waals surface area contributed by atoms with Gasteiger partial charge in [-0.05, 0) is 31.4 Å². The zero-order valence-electron chi connectivity index (χ0n) is 15.7. The van der Waals surface area contributed by atoms with E-state index in [0.717, 1.165) is 22.0 Å². The van der Waals surface area contributed by atoms with Crippen molar-refractivity contribution in [3.05, 3.63) is 70.9 Å². The summed E-state index contributed by atoms with van der Waals surface area (Å²) in [5.74, 6) is -0.860. The number of hydrogen-bond donors (Lipinski definition) is 2. The van der Waals surface area contributed by atoms with E-state index in [1.165, 1.54) is 31.2 Å². The van der Waals surface area contributed by atoms with Crippen molar-refractivity contribution >= 4 is 16.9 Å². The van der Waals surface area contributed by atoms with Crippen LogP contribution in [0.25, 0.3) is 10.9 Å². The van der Waals surface area contributed by atoms with E-state index >= 15 is 0 Å². The fraction of sp³-hybridized carbons (Fsp3) is 0.348. The lowest BCUT2D eigenvalue weighted by Gasteiger charge is -2.13. The van der Waals surface area contributed by atoms with Crippen LogP contribution >= 0.6 is 0 Å². The first kappa shape index (κ1) is 17.8. The van der Waals surface area contributed by atoms with Crippen LogP contribution in [0.4, 0.5) is 0 Å². The van der Waals surface area contributed by atoms with Crippen molar-refractivity contribution in [2.75, 3.05) is 0 Å². The van der Waals surface area contributed by atoms with E-state index in [9.17, 15) is 9.90 Å². The van der Waals surface area contributed by atoms with E-state index < -0.39 is 5.97 Å². The SMILES string of the molecule is Cc1ccc(Cn2c(C(=O)O)c(CNC3CCCC3)c3ccccc32)cc1. The van der Waals surface area contributed by atoms with Gasteiger partial charge in [-0.1, -0.05) is 60.9 Å². The molecule has 3 aromatic rings. The number of benzene rings is 2. The number of rotatable bonds is 6. The molecule has 4 rings (SSSR count). The number of nitrogens with one attached hydrogen (secondary N) is 1. The molecule has 0 amide bonds. The summed E-state index contributed by atoms with van der Waals surface area (Å²) in [6.07, 6.45) is 4.89. The molecule has 1 heterocycles. The van der Waals surface area contributed by atoms with Crippen molar-refractivity contribution in [2.45, 2.75) is 51.7 Å². The van der Waals surface area contributed by atoms with Crippen molar-refractivity contribution < 1.29 is 9.90 Å². The number of hydrogen-bond acceptors (Lipinski definition) is 2. The standard InChI is InChI=1S/C23H26N2O2/c1-16-10-12-17(13-11-16)15-25-21-9-5-4-8-19(21)20(22(25)23(26)27)14-24-18-6-2-3-7-18/h4-5,8-13,18,24H,2-3,6-7,14-15H2,1H3,(H,26,27). The maximum absolute atomic E-state index is 12.2. The van der Waals surface area contributed by atoms with Crippen LogP contribution in [0, 0.1) is 6.92 Å². The van der Waals surface area contributed by atoms with Gasteiger partial charge in [-0.25, -0.2) is 4.79 Å². The van der Waals surface area contributed by atoms with Crippen molar-refractivity contribution in [1.29, 1.82) is 0 Å². The fourth-order valence-corrected chi connectivity index (χ4v) is 4.22. The molecule has 1 aliphatic carbocycles. The lowest BCUT2D eigenvalue weighted by molar-refractivity contribution is 0.0684. The van der Waals surface area contributed by atoms with Crippen LogP contribution in [-0.2, 0) is 13.1 Å². The minimum atomic E-state index is -0.860. The van der Waals surface area contributed by atoms with Crippen molar-refractivity contribution in [1.82, 2.24) is 9.88 Å². The smallest absolute Gasteiger partial charge is 0.352 e. The molecule has 140 valence electrons. The number of aryl methyl sites for hydroxylation is 1. The van der Waals surface area contributed by atoms with Crippen LogP contribution in [0.15, 0.2) is 48.5 Å². The summed E-state index contributed by atoms with van der Waals surface area (Å²) in [7, 11) is 0. The third kappa shape index (κ3) is 3.62.